The zero-order valence-electron chi connectivity index (χ0n) is 19.9. The van der Waals surface area contributed by atoms with Crippen LogP contribution in [0.5, 0.6) is 23.0 Å². The minimum atomic E-state index is -0.126. The Hall–Kier alpha value is -4.20. The maximum absolute atomic E-state index is 13.0. The van der Waals surface area contributed by atoms with E-state index in [0.717, 1.165) is 30.1 Å². The molecule has 0 unspecified atom stereocenters. The second-order valence-corrected chi connectivity index (χ2v) is 8.33. The fraction of sp³-hybridized carbons (Fsp3) is 0.259. The Kier molecular flexibility index (Phi) is 6.43. The quantitative estimate of drug-likeness (QED) is 0.572. The average Bonchev–Trinajstić information content (AvgIpc) is 3.23. The molecule has 0 saturated carbocycles. The van der Waals surface area contributed by atoms with E-state index in [-0.39, 0.29) is 6.03 Å². The average molecular weight is 473 g/mol. The Morgan fingerprint density at radius 2 is 1.80 bits per heavy atom. The summed E-state index contributed by atoms with van der Waals surface area (Å²) in [5.74, 6) is 3.51. The molecular weight excluding hydrogens is 444 g/mol. The molecule has 0 bridgehead atoms. The number of hydrogen-bond acceptors (Lipinski definition) is 6. The maximum atomic E-state index is 13.0. The van der Waals surface area contributed by atoms with E-state index in [2.05, 4.69) is 10.2 Å². The second-order valence-electron chi connectivity index (χ2n) is 8.33. The molecule has 35 heavy (non-hydrogen) atoms. The molecule has 0 atom stereocenters. The molecule has 1 N–H and O–H groups in total. The van der Waals surface area contributed by atoms with Gasteiger partial charge in [0.1, 0.15) is 17.3 Å². The third kappa shape index (κ3) is 4.73. The van der Waals surface area contributed by atoms with E-state index in [9.17, 15) is 4.79 Å². The lowest BCUT2D eigenvalue weighted by Gasteiger charge is -2.25. The fourth-order valence-corrected chi connectivity index (χ4v) is 4.35. The van der Waals surface area contributed by atoms with Crippen molar-refractivity contribution < 1.29 is 19.0 Å². The van der Waals surface area contributed by atoms with Crippen molar-refractivity contribution in [1.82, 2.24) is 9.80 Å². The zero-order chi connectivity index (χ0) is 24.2. The summed E-state index contributed by atoms with van der Waals surface area (Å²) in [5.41, 5.74) is 2.34. The summed E-state index contributed by atoms with van der Waals surface area (Å²) < 4.78 is 17.1. The Labute approximate surface area is 204 Å². The van der Waals surface area contributed by atoms with Crippen LogP contribution in [0.3, 0.4) is 0 Å². The van der Waals surface area contributed by atoms with Gasteiger partial charge >= 0.3 is 6.03 Å². The molecular formula is C27H28N4O4. The van der Waals surface area contributed by atoms with Crippen LogP contribution in [0.25, 0.3) is 0 Å². The van der Waals surface area contributed by atoms with Crippen molar-refractivity contribution in [3.8, 4) is 23.0 Å². The number of para-hydroxylation sites is 3. The van der Waals surface area contributed by atoms with Gasteiger partial charge in [-0.3, -0.25) is 0 Å². The van der Waals surface area contributed by atoms with Gasteiger partial charge in [0, 0.05) is 37.9 Å². The van der Waals surface area contributed by atoms with Crippen LogP contribution in [0, 0.1) is 0 Å². The lowest BCUT2D eigenvalue weighted by atomic mass is 10.1. The van der Waals surface area contributed by atoms with E-state index in [1.165, 1.54) is 0 Å². The minimum absolute atomic E-state index is 0.126. The highest BCUT2D eigenvalue weighted by molar-refractivity contribution is 6.04. The Balaban J connectivity index is 1.39. The minimum Gasteiger partial charge on any atom is -0.497 e. The van der Waals surface area contributed by atoms with Crippen LogP contribution >= 0.6 is 0 Å². The lowest BCUT2D eigenvalue weighted by Crippen LogP contribution is -2.39. The number of carbonyl (C=O) groups excluding carboxylic acids is 1. The number of urea groups is 1. The standard InChI is InChI=1S/C27H28N4O4/c1-33-20-9-5-8-19(18-20)28-27(32)31-15-7-14-30(16-17-31)26-21-10-6-13-24(34-2)25(21)35-23-12-4-3-11-22(23)29-26/h3-6,8-13,18H,7,14-17H2,1-2H3,(H,28,32). The number of anilines is 1. The molecule has 0 aromatic heterocycles. The SMILES string of the molecule is COc1cccc(NC(=O)N2CCCN(C3=Nc4ccccc4Oc4c(OC)cccc43)CC2)c1. The van der Waals surface area contributed by atoms with Crippen LogP contribution in [0.4, 0.5) is 16.2 Å². The van der Waals surface area contributed by atoms with Gasteiger partial charge in [-0.15, -0.1) is 0 Å². The summed E-state index contributed by atoms with van der Waals surface area (Å²) in [7, 11) is 3.25. The molecule has 3 aromatic rings. The highest BCUT2D eigenvalue weighted by atomic mass is 16.5. The molecule has 2 aliphatic heterocycles. The van der Waals surface area contributed by atoms with Crippen LogP contribution in [0.15, 0.2) is 71.7 Å². The van der Waals surface area contributed by atoms with E-state index < -0.39 is 0 Å². The van der Waals surface area contributed by atoms with Crippen molar-refractivity contribution in [2.75, 3.05) is 45.7 Å². The van der Waals surface area contributed by atoms with Crippen molar-refractivity contribution in [3.05, 3.63) is 72.3 Å². The van der Waals surface area contributed by atoms with Gasteiger partial charge in [-0.25, -0.2) is 9.79 Å². The second kappa shape index (κ2) is 9.97. The van der Waals surface area contributed by atoms with Crippen LogP contribution in [-0.4, -0.2) is 62.1 Å². The van der Waals surface area contributed by atoms with E-state index in [1.807, 2.05) is 71.6 Å². The van der Waals surface area contributed by atoms with Gasteiger partial charge in [-0.05, 0) is 42.8 Å². The van der Waals surface area contributed by atoms with Crippen LogP contribution < -0.4 is 19.5 Å². The number of benzene rings is 3. The number of amides is 2. The summed E-state index contributed by atoms with van der Waals surface area (Å²) >= 11 is 0. The first kappa shape index (κ1) is 22.6. The topological polar surface area (TPSA) is 75.6 Å². The molecule has 8 nitrogen and oxygen atoms in total. The molecule has 1 saturated heterocycles. The summed E-state index contributed by atoms with van der Waals surface area (Å²) in [6, 6.07) is 20.8. The largest absolute Gasteiger partial charge is 0.497 e. The predicted octanol–water partition coefficient (Wildman–Crippen LogP) is 5.13. The third-order valence-electron chi connectivity index (χ3n) is 6.15. The van der Waals surface area contributed by atoms with Gasteiger partial charge in [0.2, 0.25) is 0 Å². The highest BCUT2D eigenvalue weighted by Gasteiger charge is 2.27. The van der Waals surface area contributed by atoms with Crippen molar-refractivity contribution in [1.29, 1.82) is 0 Å². The summed E-state index contributed by atoms with van der Waals surface area (Å²) in [6.07, 6.45) is 0.812. The van der Waals surface area contributed by atoms with Crippen LogP contribution in [-0.2, 0) is 0 Å². The fourth-order valence-electron chi connectivity index (χ4n) is 4.35. The van der Waals surface area contributed by atoms with Crippen molar-refractivity contribution in [2.24, 2.45) is 4.99 Å². The Bertz CT molecular complexity index is 1260. The molecule has 2 aliphatic rings. The van der Waals surface area contributed by atoms with Crippen molar-refractivity contribution in [2.45, 2.75) is 6.42 Å². The molecule has 0 radical (unpaired) electrons. The van der Waals surface area contributed by atoms with E-state index in [1.54, 1.807) is 14.2 Å². The van der Waals surface area contributed by atoms with E-state index in [4.69, 9.17) is 19.2 Å². The number of fused-ring (bicyclic) bond motifs is 2. The number of hydrogen-bond donors (Lipinski definition) is 1. The molecule has 2 heterocycles. The Morgan fingerprint density at radius 1 is 0.943 bits per heavy atom. The monoisotopic (exact) mass is 472 g/mol. The van der Waals surface area contributed by atoms with Crippen LogP contribution in [0.1, 0.15) is 12.0 Å². The Morgan fingerprint density at radius 3 is 2.66 bits per heavy atom. The number of nitrogens with one attached hydrogen (secondary N) is 1. The summed E-state index contributed by atoms with van der Waals surface area (Å²) in [5, 5.41) is 2.98. The van der Waals surface area contributed by atoms with Crippen molar-refractivity contribution >= 4 is 23.2 Å². The number of nitrogens with zero attached hydrogens (tertiary/aromatic N) is 3. The maximum Gasteiger partial charge on any atom is 0.321 e. The van der Waals surface area contributed by atoms with E-state index >= 15 is 0 Å². The number of aliphatic imine (C=N–C) groups is 1. The molecule has 3 aromatic carbocycles. The number of methoxy groups -OCH3 is 2. The molecule has 180 valence electrons. The predicted molar refractivity (Wildman–Crippen MR) is 135 cm³/mol. The van der Waals surface area contributed by atoms with Gasteiger partial charge in [0.25, 0.3) is 0 Å². The first-order valence-corrected chi connectivity index (χ1v) is 11.6. The first-order chi connectivity index (χ1) is 17.2. The number of ether oxygens (including phenoxy) is 3. The summed E-state index contributed by atoms with van der Waals surface area (Å²) in [4.78, 5) is 22.1. The molecule has 5 rings (SSSR count). The zero-order valence-corrected chi connectivity index (χ0v) is 19.9. The number of carbonyl (C=O) groups is 1. The number of rotatable bonds is 3. The van der Waals surface area contributed by atoms with Gasteiger partial charge in [0.05, 0.1) is 19.8 Å². The third-order valence-corrected chi connectivity index (χ3v) is 6.15. The van der Waals surface area contributed by atoms with Gasteiger partial charge in [0.15, 0.2) is 17.2 Å². The smallest absolute Gasteiger partial charge is 0.321 e. The normalized spacial score (nSPS) is 15.0. The molecule has 0 aliphatic carbocycles. The van der Waals surface area contributed by atoms with Crippen molar-refractivity contribution in [3.63, 3.8) is 0 Å². The molecule has 8 heteroatoms. The van der Waals surface area contributed by atoms with Gasteiger partial charge < -0.3 is 29.3 Å². The summed E-state index contributed by atoms with van der Waals surface area (Å²) in [6.45, 7) is 2.62. The van der Waals surface area contributed by atoms with Crippen LogP contribution in [0.2, 0.25) is 0 Å². The molecule has 0 spiro atoms. The number of amidine groups is 1. The lowest BCUT2D eigenvalue weighted by molar-refractivity contribution is 0.214. The molecule has 1 fully saturated rings. The highest BCUT2D eigenvalue weighted by Crippen LogP contribution is 2.42. The molecule has 2 amide bonds. The van der Waals surface area contributed by atoms with E-state index in [0.29, 0.717) is 48.3 Å². The van der Waals surface area contributed by atoms with Gasteiger partial charge in [-0.1, -0.05) is 24.3 Å². The first-order valence-electron chi connectivity index (χ1n) is 11.6. The van der Waals surface area contributed by atoms with Gasteiger partial charge in [-0.2, -0.15) is 0 Å².